The monoisotopic (exact) mass is 513 g/mol. The number of benzene rings is 3. The Morgan fingerprint density at radius 3 is 2.30 bits per heavy atom. The Labute approximate surface area is 187 Å². The molecule has 4 aromatic rings. The Morgan fingerprint density at radius 1 is 0.967 bits per heavy atom. The van der Waals surface area contributed by atoms with Gasteiger partial charge >= 0.3 is 11.9 Å². The van der Waals surface area contributed by atoms with E-state index in [-0.39, 0.29) is 12.6 Å². The van der Waals surface area contributed by atoms with Crippen LogP contribution in [-0.4, -0.2) is 23.1 Å². The van der Waals surface area contributed by atoms with Crippen LogP contribution in [0.5, 0.6) is 5.75 Å². The zero-order chi connectivity index (χ0) is 21.4. The predicted molar refractivity (Wildman–Crippen MR) is 125 cm³/mol. The van der Waals surface area contributed by atoms with Crippen LogP contribution in [0.3, 0.4) is 0 Å². The van der Waals surface area contributed by atoms with Gasteiger partial charge in [-0.15, -0.1) is 0 Å². The molecule has 0 N–H and O–H groups in total. The molecule has 5 nitrogen and oxygen atoms in total. The van der Waals surface area contributed by atoms with Gasteiger partial charge in [0.2, 0.25) is 0 Å². The molecule has 30 heavy (non-hydrogen) atoms. The molecule has 1 aromatic heterocycles. The van der Waals surface area contributed by atoms with Crippen molar-refractivity contribution in [3.05, 3.63) is 75.0 Å². The summed E-state index contributed by atoms with van der Waals surface area (Å²) < 4.78 is 14.1. The maximum atomic E-state index is 12.8. The van der Waals surface area contributed by atoms with Crippen LogP contribution < -0.4 is 4.74 Å². The highest BCUT2D eigenvalue weighted by molar-refractivity contribution is 14.1. The van der Waals surface area contributed by atoms with E-state index >= 15 is 0 Å². The maximum absolute atomic E-state index is 12.8. The lowest BCUT2D eigenvalue weighted by Crippen LogP contribution is -2.09. The molecule has 0 aliphatic heterocycles. The number of halogens is 1. The molecule has 4 rings (SSSR count). The normalized spacial score (nSPS) is 11.1. The zero-order valence-electron chi connectivity index (χ0n) is 16.9. The molecule has 0 saturated carbocycles. The minimum Gasteiger partial charge on any atom is -0.462 e. The van der Waals surface area contributed by atoms with Gasteiger partial charge in [0.05, 0.1) is 23.3 Å². The first-order valence-corrected chi connectivity index (χ1v) is 10.7. The van der Waals surface area contributed by atoms with Crippen LogP contribution in [0.2, 0.25) is 0 Å². The average Bonchev–Trinajstić information content (AvgIpc) is 2.99. The van der Waals surface area contributed by atoms with E-state index in [1.54, 1.807) is 25.1 Å². The molecule has 0 spiro atoms. The molecular weight excluding hydrogens is 493 g/mol. The highest BCUT2D eigenvalue weighted by Gasteiger charge is 2.23. The lowest BCUT2D eigenvalue weighted by molar-refractivity contribution is 0.0527. The summed E-state index contributed by atoms with van der Waals surface area (Å²) in [7, 11) is 1.92. The number of aromatic nitrogens is 1. The fourth-order valence-electron chi connectivity index (χ4n) is 3.70. The fourth-order valence-corrected chi connectivity index (χ4v) is 4.06. The first kappa shape index (κ1) is 20.4. The van der Waals surface area contributed by atoms with Crippen molar-refractivity contribution in [1.29, 1.82) is 0 Å². The Hall–Kier alpha value is -2.87. The summed E-state index contributed by atoms with van der Waals surface area (Å²) in [6, 6.07) is 16.7. The molecule has 0 radical (unpaired) electrons. The van der Waals surface area contributed by atoms with E-state index in [0.29, 0.717) is 22.3 Å². The van der Waals surface area contributed by atoms with Crippen LogP contribution >= 0.6 is 22.6 Å². The molecule has 0 saturated heterocycles. The number of hydrogen-bond acceptors (Lipinski definition) is 4. The van der Waals surface area contributed by atoms with Gasteiger partial charge in [0.1, 0.15) is 5.75 Å². The number of nitrogens with zero attached hydrogens (tertiary/aromatic N) is 1. The van der Waals surface area contributed by atoms with Crippen LogP contribution in [0.25, 0.3) is 21.7 Å². The molecule has 0 aliphatic carbocycles. The average molecular weight is 513 g/mol. The Bertz CT molecular complexity index is 1290. The van der Waals surface area contributed by atoms with Gasteiger partial charge in [0.25, 0.3) is 0 Å². The molecule has 1 heterocycles. The van der Waals surface area contributed by atoms with Crippen molar-refractivity contribution in [1.82, 2.24) is 4.57 Å². The molecule has 6 heteroatoms. The Kier molecular flexibility index (Phi) is 5.51. The summed E-state index contributed by atoms with van der Waals surface area (Å²) in [5.41, 5.74) is 2.66. The molecular formula is C24H20INO4. The van der Waals surface area contributed by atoms with Gasteiger partial charge in [0, 0.05) is 32.5 Å². The Balaban J connectivity index is 1.92. The minimum absolute atomic E-state index is 0.289. The maximum Gasteiger partial charge on any atom is 0.343 e. The number of carbonyl (C=O) groups is 2. The molecule has 3 aromatic carbocycles. The third-order valence-corrected chi connectivity index (χ3v) is 5.93. The highest BCUT2D eigenvalue weighted by atomic mass is 127. The lowest BCUT2D eigenvalue weighted by Gasteiger charge is -2.11. The van der Waals surface area contributed by atoms with Gasteiger partial charge in [0.15, 0.2) is 0 Å². The van der Waals surface area contributed by atoms with E-state index in [0.717, 1.165) is 25.6 Å². The van der Waals surface area contributed by atoms with Crippen molar-refractivity contribution < 1.29 is 19.1 Å². The number of ether oxygens (including phenoxy) is 2. The molecule has 0 atom stereocenters. The van der Waals surface area contributed by atoms with E-state index in [1.165, 1.54) is 0 Å². The van der Waals surface area contributed by atoms with Crippen molar-refractivity contribution in [2.75, 3.05) is 6.61 Å². The van der Waals surface area contributed by atoms with Gasteiger partial charge < -0.3 is 14.0 Å². The summed E-state index contributed by atoms with van der Waals surface area (Å²) in [5.74, 6) is -0.412. The van der Waals surface area contributed by atoms with Gasteiger partial charge in [-0.1, -0.05) is 24.3 Å². The number of carbonyl (C=O) groups excluding carboxylic acids is 2. The zero-order valence-corrected chi connectivity index (χ0v) is 19.0. The van der Waals surface area contributed by atoms with Crippen molar-refractivity contribution in [2.45, 2.75) is 13.8 Å². The van der Waals surface area contributed by atoms with Crippen molar-refractivity contribution >= 4 is 56.2 Å². The third kappa shape index (κ3) is 3.45. The summed E-state index contributed by atoms with van der Waals surface area (Å²) in [6.07, 6.45) is 0. The van der Waals surface area contributed by atoms with Crippen LogP contribution in [0.15, 0.2) is 54.6 Å². The first-order chi connectivity index (χ1) is 14.4. The highest BCUT2D eigenvalue weighted by Crippen LogP contribution is 2.38. The van der Waals surface area contributed by atoms with Crippen molar-refractivity contribution in [3.8, 4) is 5.75 Å². The van der Waals surface area contributed by atoms with Gasteiger partial charge in [-0.2, -0.15) is 0 Å². The van der Waals surface area contributed by atoms with Gasteiger partial charge in [-0.25, -0.2) is 9.59 Å². The lowest BCUT2D eigenvalue weighted by atomic mass is 10.0. The van der Waals surface area contributed by atoms with Crippen LogP contribution in [-0.2, 0) is 11.8 Å². The predicted octanol–water partition coefficient (Wildman–Crippen LogP) is 5.64. The fraction of sp³-hybridized carbons (Fsp3) is 0.167. The number of hydrogen-bond donors (Lipinski definition) is 0. The topological polar surface area (TPSA) is 57.5 Å². The standard InChI is InChI=1S/C24H20INO4/c1-4-29-24(28)21-14(2)26(3)22-18-8-6-5-7-17(18)20(13-19(21)22)30-23(27)15-9-11-16(25)12-10-15/h5-13H,4H2,1-3H3. The van der Waals surface area contributed by atoms with Crippen LogP contribution in [0, 0.1) is 10.5 Å². The number of aryl methyl sites for hydroxylation is 1. The molecule has 0 amide bonds. The SMILES string of the molecule is CCOC(=O)c1c(C)n(C)c2c1cc(OC(=O)c1ccc(I)cc1)c1ccccc12. The quantitative estimate of drug-likeness (QED) is 0.201. The summed E-state index contributed by atoms with van der Waals surface area (Å²) in [5, 5.41) is 2.42. The first-order valence-electron chi connectivity index (χ1n) is 9.58. The van der Waals surface area contributed by atoms with E-state index in [2.05, 4.69) is 22.6 Å². The van der Waals surface area contributed by atoms with E-state index in [4.69, 9.17) is 9.47 Å². The summed E-state index contributed by atoms with van der Waals surface area (Å²) >= 11 is 2.19. The van der Waals surface area contributed by atoms with Crippen LogP contribution in [0.1, 0.15) is 33.3 Å². The third-order valence-electron chi connectivity index (χ3n) is 5.21. The van der Waals surface area contributed by atoms with E-state index in [9.17, 15) is 9.59 Å². The Morgan fingerprint density at radius 2 is 1.63 bits per heavy atom. The summed E-state index contributed by atoms with van der Waals surface area (Å²) in [4.78, 5) is 25.4. The molecule has 0 fully saturated rings. The van der Waals surface area contributed by atoms with Gasteiger partial charge in [-0.05, 0) is 66.8 Å². The molecule has 0 bridgehead atoms. The summed E-state index contributed by atoms with van der Waals surface area (Å²) in [6.45, 7) is 3.96. The second-order valence-electron chi connectivity index (χ2n) is 6.95. The van der Waals surface area contributed by atoms with Crippen molar-refractivity contribution in [3.63, 3.8) is 0 Å². The van der Waals surface area contributed by atoms with E-state index < -0.39 is 5.97 Å². The van der Waals surface area contributed by atoms with Crippen LogP contribution in [0.4, 0.5) is 0 Å². The largest absolute Gasteiger partial charge is 0.462 e. The molecule has 0 unspecified atom stereocenters. The van der Waals surface area contributed by atoms with E-state index in [1.807, 2.05) is 54.9 Å². The molecule has 0 aliphatic rings. The second-order valence-corrected chi connectivity index (χ2v) is 8.20. The van der Waals surface area contributed by atoms with Crippen molar-refractivity contribution in [2.24, 2.45) is 7.05 Å². The van der Waals surface area contributed by atoms with Gasteiger partial charge in [-0.3, -0.25) is 0 Å². The molecule has 152 valence electrons. The number of rotatable bonds is 4. The second kappa shape index (κ2) is 8.10. The number of esters is 2. The smallest absolute Gasteiger partial charge is 0.343 e. The number of fused-ring (bicyclic) bond motifs is 3. The minimum atomic E-state index is -0.443.